The maximum absolute atomic E-state index is 12.3. The number of hydrogen-bond donors (Lipinski definition) is 2. The van der Waals surface area contributed by atoms with Crippen LogP contribution in [-0.4, -0.2) is 32.8 Å². The number of aromatic nitrogens is 4. The van der Waals surface area contributed by atoms with E-state index >= 15 is 0 Å². The van der Waals surface area contributed by atoms with Crippen molar-refractivity contribution < 1.29 is 9.53 Å². The molecule has 29 heavy (non-hydrogen) atoms. The second-order valence-corrected chi connectivity index (χ2v) is 7.84. The number of rotatable bonds is 7. The van der Waals surface area contributed by atoms with Crippen LogP contribution in [0.4, 0.5) is 0 Å². The predicted octanol–water partition coefficient (Wildman–Crippen LogP) is 3.93. The van der Waals surface area contributed by atoms with Gasteiger partial charge < -0.3 is 10.1 Å². The summed E-state index contributed by atoms with van der Waals surface area (Å²) in [5.41, 5.74) is 1.85. The number of ether oxygens (including phenoxy) is 1. The largest absolute Gasteiger partial charge is 0.497 e. The van der Waals surface area contributed by atoms with Crippen molar-refractivity contribution in [3.05, 3.63) is 58.3 Å². The van der Waals surface area contributed by atoms with Crippen LogP contribution in [0, 0.1) is 4.77 Å². The molecule has 2 heterocycles. The van der Waals surface area contributed by atoms with Crippen LogP contribution >= 0.6 is 23.6 Å². The number of benzene rings is 2. The van der Waals surface area contributed by atoms with E-state index in [1.165, 1.54) is 0 Å². The number of nitrogens with one attached hydrogen (secondary N) is 2. The van der Waals surface area contributed by atoms with Gasteiger partial charge >= 0.3 is 0 Å². The van der Waals surface area contributed by atoms with Crippen LogP contribution in [0.25, 0.3) is 21.6 Å². The Kier molecular flexibility index (Phi) is 5.68. The standard InChI is InChI=1S/C20H19N5O2S2/c1-27-14-8-6-13(7-9-14)19-23-24-20(28)25(19)11-10-17(26)21-12-18-22-15-4-2-3-5-16(15)29-18/h2-9H,10-12H2,1H3,(H,21,26)(H,24,28). The number of carbonyl (C=O) groups is 1. The van der Waals surface area contributed by atoms with Crippen molar-refractivity contribution in [2.24, 2.45) is 0 Å². The summed E-state index contributed by atoms with van der Waals surface area (Å²) in [6, 6.07) is 15.5. The number of para-hydroxylation sites is 1. The molecule has 0 atom stereocenters. The van der Waals surface area contributed by atoms with E-state index in [9.17, 15) is 4.79 Å². The molecule has 0 saturated heterocycles. The molecule has 0 saturated carbocycles. The number of thiazole rings is 1. The van der Waals surface area contributed by atoms with E-state index in [2.05, 4.69) is 20.5 Å². The Morgan fingerprint density at radius 3 is 2.79 bits per heavy atom. The minimum Gasteiger partial charge on any atom is -0.497 e. The van der Waals surface area contributed by atoms with Crippen LogP contribution in [0.15, 0.2) is 48.5 Å². The van der Waals surface area contributed by atoms with Crippen LogP contribution in [0.2, 0.25) is 0 Å². The summed E-state index contributed by atoms with van der Waals surface area (Å²) in [7, 11) is 1.62. The highest BCUT2D eigenvalue weighted by atomic mass is 32.1. The first kappa shape index (κ1) is 19.3. The van der Waals surface area contributed by atoms with Gasteiger partial charge in [0.15, 0.2) is 10.6 Å². The zero-order valence-electron chi connectivity index (χ0n) is 15.7. The quantitative estimate of drug-likeness (QED) is 0.438. The third kappa shape index (κ3) is 4.36. The molecule has 0 unspecified atom stereocenters. The minimum atomic E-state index is -0.0620. The molecule has 148 valence electrons. The number of aromatic amines is 1. The number of nitrogens with zero attached hydrogens (tertiary/aromatic N) is 3. The summed E-state index contributed by atoms with van der Waals surface area (Å²) >= 11 is 6.92. The first-order valence-electron chi connectivity index (χ1n) is 9.05. The van der Waals surface area contributed by atoms with Crippen molar-refractivity contribution in [2.75, 3.05) is 7.11 Å². The summed E-state index contributed by atoms with van der Waals surface area (Å²) in [6.45, 7) is 0.850. The molecule has 0 radical (unpaired) electrons. The SMILES string of the molecule is COc1ccc(-c2n[nH]c(=S)n2CCC(=O)NCc2nc3ccccc3s2)cc1. The summed E-state index contributed by atoms with van der Waals surface area (Å²) in [6.07, 6.45) is 0.294. The van der Waals surface area contributed by atoms with Crippen LogP contribution in [-0.2, 0) is 17.9 Å². The normalized spacial score (nSPS) is 10.9. The fraction of sp³-hybridized carbons (Fsp3) is 0.200. The topological polar surface area (TPSA) is 84.8 Å². The molecule has 0 aliphatic rings. The van der Waals surface area contributed by atoms with E-state index in [0.29, 0.717) is 30.1 Å². The van der Waals surface area contributed by atoms with Crippen molar-refractivity contribution in [2.45, 2.75) is 19.5 Å². The van der Waals surface area contributed by atoms with Gasteiger partial charge in [0.05, 0.1) is 23.9 Å². The van der Waals surface area contributed by atoms with Gasteiger partial charge in [0, 0.05) is 18.5 Å². The molecular formula is C20H19N5O2S2. The minimum absolute atomic E-state index is 0.0620. The third-order valence-electron chi connectivity index (χ3n) is 4.44. The van der Waals surface area contributed by atoms with Crippen molar-refractivity contribution in [3.63, 3.8) is 0 Å². The second-order valence-electron chi connectivity index (χ2n) is 6.33. The smallest absolute Gasteiger partial charge is 0.222 e. The van der Waals surface area contributed by atoms with Crippen molar-refractivity contribution >= 4 is 39.7 Å². The molecule has 4 aromatic rings. The van der Waals surface area contributed by atoms with Crippen LogP contribution in [0.1, 0.15) is 11.4 Å². The number of hydrogen-bond acceptors (Lipinski definition) is 6. The molecule has 4 rings (SSSR count). The lowest BCUT2D eigenvalue weighted by atomic mass is 10.2. The van der Waals surface area contributed by atoms with E-state index in [4.69, 9.17) is 17.0 Å². The van der Waals surface area contributed by atoms with Crippen LogP contribution in [0.3, 0.4) is 0 Å². The molecule has 2 aromatic heterocycles. The second kappa shape index (κ2) is 8.54. The Morgan fingerprint density at radius 1 is 1.24 bits per heavy atom. The number of amides is 1. The van der Waals surface area contributed by atoms with Gasteiger partial charge in [-0.15, -0.1) is 11.3 Å². The maximum atomic E-state index is 12.3. The molecule has 1 amide bonds. The van der Waals surface area contributed by atoms with Crippen LogP contribution in [0.5, 0.6) is 5.75 Å². The van der Waals surface area contributed by atoms with Gasteiger partial charge in [-0.05, 0) is 48.6 Å². The first-order valence-corrected chi connectivity index (χ1v) is 10.3. The van der Waals surface area contributed by atoms with Gasteiger partial charge in [-0.3, -0.25) is 14.5 Å². The lowest BCUT2D eigenvalue weighted by molar-refractivity contribution is -0.121. The lowest BCUT2D eigenvalue weighted by Gasteiger charge is -2.08. The molecule has 2 N–H and O–H groups in total. The van der Waals surface area contributed by atoms with E-state index in [-0.39, 0.29) is 5.91 Å². The zero-order chi connectivity index (χ0) is 20.2. The maximum Gasteiger partial charge on any atom is 0.222 e. The average molecular weight is 426 g/mol. The van der Waals surface area contributed by atoms with Crippen molar-refractivity contribution in [3.8, 4) is 17.1 Å². The van der Waals surface area contributed by atoms with Gasteiger partial charge in [-0.1, -0.05) is 12.1 Å². The Hall–Kier alpha value is -3.04. The van der Waals surface area contributed by atoms with E-state index < -0.39 is 0 Å². The molecule has 0 fully saturated rings. The van der Waals surface area contributed by atoms with E-state index in [1.807, 2.05) is 53.1 Å². The van der Waals surface area contributed by atoms with Gasteiger partial charge in [0.25, 0.3) is 0 Å². The van der Waals surface area contributed by atoms with Gasteiger partial charge in [0.2, 0.25) is 5.91 Å². The monoisotopic (exact) mass is 425 g/mol. The number of methoxy groups -OCH3 is 1. The highest BCUT2D eigenvalue weighted by Crippen LogP contribution is 2.22. The molecule has 0 aliphatic carbocycles. The fourth-order valence-corrected chi connectivity index (χ4v) is 4.09. The third-order valence-corrected chi connectivity index (χ3v) is 5.79. The highest BCUT2D eigenvalue weighted by molar-refractivity contribution is 7.71. The van der Waals surface area contributed by atoms with Crippen molar-refractivity contribution in [1.82, 2.24) is 25.1 Å². The first-order chi connectivity index (χ1) is 14.1. The lowest BCUT2D eigenvalue weighted by Crippen LogP contribution is -2.24. The average Bonchev–Trinajstić information content (AvgIpc) is 3.33. The molecule has 2 aromatic carbocycles. The zero-order valence-corrected chi connectivity index (χ0v) is 17.3. The molecule has 0 bridgehead atoms. The van der Waals surface area contributed by atoms with Crippen molar-refractivity contribution in [1.29, 1.82) is 0 Å². The Balaban J connectivity index is 1.38. The Labute approximate surface area is 176 Å². The summed E-state index contributed by atoms with van der Waals surface area (Å²) in [5.74, 6) is 1.40. The molecule has 7 nitrogen and oxygen atoms in total. The molecule has 0 aliphatic heterocycles. The van der Waals surface area contributed by atoms with Gasteiger partial charge in [0.1, 0.15) is 10.8 Å². The Bertz CT molecular complexity index is 1160. The summed E-state index contributed by atoms with van der Waals surface area (Å²) in [4.78, 5) is 16.9. The number of H-pyrrole nitrogens is 1. The highest BCUT2D eigenvalue weighted by Gasteiger charge is 2.11. The number of carbonyl (C=O) groups excluding carboxylic acids is 1. The summed E-state index contributed by atoms with van der Waals surface area (Å²) in [5, 5.41) is 10.9. The van der Waals surface area contributed by atoms with E-state index in [0.717, 1.165) is 26.5 Å². The Morgan fingerprint density at radius 2 is 2.03 bits per heavy atom. The number of fused-ring (bicyclic) bond motifs is 1. The van der Waals surface area contributed by atoms with Gasteiger partial charge in [-0.25, -0.2) is 4.98 Å². The van der Waals surface area contributed by atoms with Crippen LogP contribution < -0.4 is 10.1 Å². The molecule has 0 spiro atoms. The molecular weight excluding hydrogens is 406 g/mol. The fourth-order valence-electron chi connectivity index (χ4n) is 2.96. The molecule has 9 heteroatoms. The predicted molar refractivity (Wildman–Crippen MR) is 115 cm³/mol. The van der Waals surface area contributed by atoms with Gasteiger partial charge in [-0.2, -0.15) is 5.10 Å². The van der Waals surface area contributed by atoms with E-state index in [1.54, 1.807) is 18.4 Å². The summed E-state index contributed by atoms with van der Waals surface area (Å²) < 4.78 is 8.61.